The number of fused-ring (bicyclic) bond motifs is 1. The van der Waals surface area contributed by atoms with Crippen LogP contribution in [0.2, 0.25) is 0 Å². The molecule has 3 rings (SSSR count). The van der Waals surface area contributed by atoms with E-state index in [1.807, 2.05) is 0 Å². The molecule has 0 unspecified atom stereocenters. The Labute approximate surface area is 121 Å². The van der Waals surface area contributed by atoms with Gasteiger partial charge in [-0.25, -0.2) is 13.8 Å². The van der Waals surface area contributed by atoms with Crippen LogP contribution in [0.4, 0.5) is 13.9 Å². The van der Waals surface area contributed by atoms with E-state index in [9.17, 15) is 13.6 Å². The molecule has 3 aromatic rings. The molecule has 0 fully saturated rings. The number of rotatable bonds is 2. The topological polar surface area (TPSA) is 68.0 Å². The highest BCUT2D eigenvalue weighted by molar-refractivity contribution is 7.22. The van der Waals surface area contributed by atoms with Crippen LogP contribution in [-0.4, -0.2) is 16.0 Å². The number of hydrogen-bond acceptors (Lipinski definition) is 5. The minimum Gasteiger partial charge on any atom is -0.361 e. The highest BCUT2D eigenvalue weighted by atomic mass is 32.1. The van der Waals surface area contributed by atoms with E-state index < -0.39 is 17.5 Å². The van der Waals surface area contributed by atoms with Gasteiger partial charge in [0.25, 0.3) is 5.91 Å². The number of amides is 1. The Kier molecular flexibility index (Phi) is 3.17. The Hall–Kier alpha value is -2.35. The molecule has 0 aliphatic rings. The zero-order valence-electron chi connectivity index (χ0n) is 11.0. The van der Waals surface area contributed by atoms with Crippen LogP contribution in [-0.2, 0) is 0 Å². The summed E-state index contributed by atoms with van der Waals surface area (Å²) in [6.45, 7) is 3.27. The second-order valence-electron chi connectivity index (χ2n) is 4.41. The number of thiazole rings is 1. The lowest BCUT2D eigenvalue weighted by atomic mass is 10.2. The van der Waals surface area contributed by atoms with Gasteiger partial charge in [-0.1, -0.05) is 16.5 Å². The number of aryl methyl sites for hydroxylation is 2. The number of hydrogen-bond donors (Lipinski definition) is 1. The van der Waals surface area contributed by atoms with Crippen molar-refractivity contribution in [2.45, 2.75) is 13.8 Å². The zero-order chi connectivity index (χ0) is 15.1. The molecule has 0 saturated carbocycles. The van der Waals surface area contributed by atoms with E-state index in [1.54, 1.807) is 13.8 Å². The van der Waals surface area contributed by atoms with Crippen molar-refractivity contribution in [1.82, 2.24) is 10.1 Å². The largest absolute Gasteiger partial charge is 0.361 e. The molecule has 108 valence electrons. The van der Waals surface area contributed by atoms with Crippen LogP contribution < -0.4 is 5.32 Å². The lowest BCUT2D eigenvalue weighted by Crippen LogP contribution is -2.13. The summed E-state index contributed by atoms with van der Waals surface area (Å²) in [4.78, 5) is 16.2. The summed E-state index contributed by atoms with van der Waals surface area (Å²) in [5.74, 6) is -1.96. The maximum atomic E-state index is 13.1. The molecule has 0 aliphatic carbocycles. The zero-order valence-corrected chi connectivity index (χ0v) is 11.8. The maximum absolute atomic E-state index is 13.1. The standard InChI is InChI=1S/C13H9F2N3O2S/c1-5-11(6(2)20-18-5)12(19)17-13-16-9-3-7(14)8(15)4-10(9)21-13/h3-4H,1-2H3,(H,16,17,19). The quantitative estimate of drug-likeness (QED) is 0.787. The molecular weight excluding hydrogens is 300 g/mol. The number of halogens is 2. The van der Waals surface area contributed by atoms with E-state index in [2.05, 4.69) is 15.5 Å². The first kappa shape index (κ1) is 13.6. The van der Waals surface area contributed by atoms with Gasteiger partial charge in [0, 0.05) is 6.07 Å². The lowest BCUT2D eigenvalue weighted by molar-refractivity contribution is 0.102. The molecule has 0 spiro atoms. The average molecular weight is 309 g/mol. The third-order valence-corrected chi connectivity index (χ3v) is 3.84. The predicted molar refractivity (Wildman–Crippen MR) is 73.5 cm³/mol. The Morgan fingerprint density at radius 3 is 2.67 bits per heavy atom. The van der Waals surface area contributed by atoms with E-state index in [4.69, 9.17) is 4.52 Å². The fourth-order valence-electron chi connectivity index (χ4n) is 1.94. The average Bonchev–Trinajstić information content (AvgIpc) is 2.93. The summed E-state index contributed by atoms with van der Waals surface area (Å²) in [5, 5.41) is 6.52. The summed E-state index contributed by atoms with van der Waals surface area (Å²) in [5.41, 5.74) is 1.07. The van der Waals surface area contributed by atoms with Gasteiger partial charge in [-0.15, -0.1) is 0 Å². The van der Waals surface area contributed by atoms with E-state index in [1.165, 1.54) is 0 Å². The Morgan fingerprint density at radius 1 is 1.29 bits per heavy atom. The first-order chi connectivity index (χ1) is 9.95. The number of nitrogens with zero attached hydrogens (tertiary/aromatic N) is 2. The normalized spacial score (nSPS) is 11.0. The van der Waals surface area contributed by atoms with E-state index in [0.717, 1.165) is 23.5 Å². The molecule has 1 aromatic carbocycles. The number of anilines is 1. The van der Waals surface area contributed by atoms with Crippen LogP contribution in [0.25, 0.3) is 10.2 Å². The van der Waals surface area contributed by atoms with Gasteiger partial charge in [-0.3, -0.25) is 10.1 Å². The number of carbonyl (C=O) groups is 1. The molecule has 0 saturated heterocycles. The summed E-state index contributed by atoms with van der Waals surface area (Å²) >= 11 is 1.06. The van der Waals surface area contributed by atoms with E-state index in [0.29, 0.717) is 21.7 Å². The third-order valence-electron chi connectivity index (χ3n) is 2.91. The second-order valence-corrected chi connectivity index (χ2v) is 5.44. The van der Waals surface area contributed by atoms with Crippen LogP contribution in [0.1, 0.15) is 21.8 Å². The summed E-state index contributed by atoms with van der Waals surface area (Å²) in [7, 11) is 0. The highest BCUT2D eigenvalue weighted by Crippen LogP contribution is 2.28. The van der Waals surface area contributed by atoms with Gasteiger partial charge in [-0.2, -0.15) is 0 Å². The van der Waals surface area contributed by atoms with Gasteiger partial charge < -0.3 is 4.52 Å². The molecule has 2 heterocycles. The number of aromatic nitrogens is 2. The minimum absolute atomic E-state index is 0.250. The van der Waals surface area contributed by atoms with Crippen LogP contribution in [0.15, 0.2) is 16.7 Å². The Bertz CT molecular complexity index is 798. The molecule has 1 N–H and O–H groups in total. The number of benzene rings is 1. The highest BCUT2D eigenvalue weighted by Gasteiger charge is 2.19. The fourth-order valence-corrected chi connectivity index (χ4v) is 2.81. The van der Waals surface area contributed by atoms with Crippen molar-refractivity contribution in [3.8, 4) is 0 Å². The SMILES string of the molecule is Cc1noc(C)c1C(=O)Nc1nc2cc(F)c(F)cc2s1. The number of carbonyl (C=O) groups excluding carboxylic acids is 1. The smallest absolute Gasteiger partial charge is 0.262 e. The van der Waals surface area contributed by atoms with Crippen LogP contribution in [0.5, 0.6) is 0 Å². The summed E-state index contributed by atoms with van der Waals surface area (Å²) < 4.78 is 31.6. The van der Waals surface area contributed by atoms with Gasteiger partial charge in [0.05, 0.1) is 15.9 Å². The van der Waals surface area contributed by atoms with Crippen molar-refractivity contribution in [2.75, 3.05) is 5.32 Å². The third kappa shape index (κ3) is 2.38. The molecule has 21 heavy (non-hydrogen) atoms. The Balaban J connectivity index is 1.93. The first-order valence-electron chi connectivity index (χ1n) is 5.95. The van der Waals surface area contributed by atoms with Gasteiger partial charge in [0.1, 0.15) is 11.3 Å². The lowest BCUT2D eigenvalue weighted by Gasteiger charge is -1.99. The molecule has 0 bridgehead atoms. The number of nitrogens with one attached hydrogen (secondary N) is 1. The van der Waals surface area contributed by atoms with E-state index >= 15 is 0 Å². The second kappa shape index (κ2) is 4.88. The molecule has 0 aliphatic heterocycles. The summed E-state index contributed by atoms with van der Waals surface area (Å²) in [6, 6.07) is 2.04. The Morgan fingerprint density at radius 2 is 2.00 bits per heavy atom. The molecule has 0 atom stereocenters. The van der Waals surface area contributed by atoms with Crippen molar-refractivity contribution in [2.24, 2.45) is 0 Å². The summed E-state index contributed by atoms with van der Waals surface area (Å²) in [6.07, 6.45) is 0. The van der Waals surface area contributed by atoms with Crippen LogP contribution in [0, 0.1) is 25.5 Å². The molecule has 5 nitrogen and oxygen atoms in total. The van der Waals surface area contributed by atoms with Crippen molar-refractivity contribution in [3.63, 3.8) is 0 Å². The van der Waals surface area contributed by atoms with Gasteiger partial charge in [0.2, 0.25) is 0 Å². The van der Waals surface area contributed by atoms with Crippen LogP contribution in [0.3, 0.4) is 0 Å². The van der Waals surface area contributed by atoms with Crippen LogP contribution >= 0.6 is 11.3 Å². The first-order valence-corrected chi connectivity index (χ1v) is 6.77. The minimum atomic E-state index is -0.976. The van der Waals surface area contributed by atoms with Crippen molar-refractivity contribution >= 4 is 32.6 Å². The molecular formula is C13H9F2N3O2S. The van der Waals surface area contributed by atoms with Crippen molar-refractivity contribution < 1.29 is 18.1 Å². The molecule has 8 heteroatoms. The van der Waals surface area contributed by atoms with Gasteiger partial charge >= 0.3 is 0 Å². The predicted octanol–water partition coefficient (Wildman–Crippen LogP) is 3.43. The van der Waals surface area contributed by atoms with Crippen molar-refractivity contribution in [1.29, 1.82) is 0 Å². The molecule has 2 aromatic heterocycles. The molecule has 0 radical (unpaired) electrons. The fraction of sp³-hybridized carbons (Fsp3) is 0.154. The monoisotopic (exact) mass is 309 g/mol. The van der Waals surface area contributed by atoms with E-state index in [-0.39, 0.29) is 10.6 Å². The van der Waals surface area contributed by atoms with Gasteiger partial charge in [-0.05, 0) is 19.9 Å². The van der Waals surface area contributed by atoms with Gasteiger partial charge in [0.15, 0.2) is 16.8 Å². The maximum Gasteiger partial charge on any atom is 0.262 e. The molecule has 1 amide bonds. The van der Waals surface area contributed by atoms with Crippen molar-refractivity contribution in [3.05, 3.63) is 40.8 Å².